The summed E-state index contributed by atoms with van der Waals surface area (Å²) in [5.74, 6) is 0.115. The maximum Gasteiger partial charge on any atom is 0.410 e. The van der Waals surface area contributed by atoms with E-state index in [1.54, 1.807) is 12.4 Å². The van der Waals surface area contributed by atoms with E-state index in [1.165, 1.54) is 0 Å². The number of halogens is 1. The number of ether oxygens (including phenoxy) is 1. The molecule has 0 spiro atoms. The number of carbonyl (C=O) groups is 2. The van der Waals surface area contributed by atoms with Crippen molar-refractivity contribution in [3.05, 3.63) is 28.5 Å². The molecule has 2 saturated heterocycles. The molecule has 2 fully saturated rings. The molecule has 24 heavy (non-hydrogen) atoms. The van der Waals surface area contributed by atoms with Gasteiger partial charge in [0.2, 0.25) is 5.91 Å². The fraction of sp³-hybridized carbons (Fsp3) is 0.588. The Morgan fingerprint density at radius 1 is 1.38 bits per heavy atom. The van der Waals surface area contributed by atoms with E-state index in [-0.39, 0.29) is 24.1 Å². The molecule has 1 aromatic heterocycles. The van der Waals surface area contributed by atoms with E-state index in [4.69, 9.17) is 4.74 Å². The second-order valence-corrected chi connectivity index (χ2v) is 7.26. The van der Waals surface area contributed by atoms with Crippen LogP contribution in [0, 0.1) is 0 Å². The van der Waals surface area contributed by atoms with Gasteiger partial charge in [0.1, 0.15) is 6.61 Å². The second-order valence-electron chi connectivity index (χ2n) is 6.35. The minimum atomic E-state index is -0.202. The third-order valence-corrected chi connectivity index (χ3v) is 5.24. The second kappa shape index (κ2) is 7.51. The van der Waals surface area contributed by atoms with Crippen LogP contribution in [0.5, 0.6) is 0 Å². The van der Waals surface area contributed by atoms with Crippen molar-refractivity contribution in [2.24, 2.45) is 0 Å². The van der Waals surface area contributed by atoms with Crippen LogP contribution in [0.3, 0.4) is 0 Å². The lowest BCUT2D eigenvalue weighted by Gasteiger charge is -2.37. The molecule has 0 saturated carbocycles. The van der Waals surface area contributed by atoms with Crippen molar-refractivity contribution in [3.63, 3.8) is 0 Å². The number of piperidine rings is 1. The summed E-state index contributed by atoms with van der Waals surface area (Å²) in [4.78, 5) is 32.3. The van der Waals surface area contributed by atoms with Crippen LogP contribution in [0.1, 0.15) is 31.7 Å². The van der Waals surface area contributed by atoms with E-state index in [0.29, 0.717) is 26.1 Å². The van der Waals surface area contributed by atoms with Gasteiger partial charge < -0.3 is 9.64 Å². The van der Waals surface area contributed by atoms with Gasteiger partial charge in [0.25, 0.3) is 0 Å². The minimum Gasteiger partial charge on any atom is -0.447 e. The van der Waals surface area contributed by atoms with E-state index in [1.807, 2.05) is 15.9 Å². The first-order valence-electron chi connectivity index (χ1n) is 8.40. The first-order chi connectivity index (χ1) is 11.6. The van der Waals surface area contributed by atoms with E-state index in [9.17, 15) is 9.59 Å². The average Bonchev–Trinajstić information content (AvgIpc) is 2.96. The largest absolute Gasteiger partial charge is 0.447 e. The number of aromatic nitrogens is 1. The number of carbonyl (C=O) groups excluding carboxylic acids is 2. The predicted octanol–water partition coefficient (Wildman–Crippen LogP) is 2.61. The van der Waals surface area contributed by atoms with Gasteiger partial charge in [-0.3, -0.25) is 14.7 Å². The molecule has 7 heteroatoms. The quantitative estimate of drug-likeness (QED) is 0.785. The summed E-state index contributed by atoms with van der Waals surface area (Å²) in [7, 11) is 0. The maximum atomic E-state index is 12.5. The molecule has 3 rings (SSSR count). The zero-order valence-electron chi connectivity index (χ0n) is 13.8. The Kier molecular flexibility index (Phi) is 5.38. The number of likely N-dealkylation sites (tertiary alicyclic amines) is 1. The van der Waals surface area contributed by atoms with Gasteiger partial charge in [-0.1, -0.05) is 6.92 Å². The van der Waals surface area contributed by atoms with Crippen LogP contribution in [-0.2, 0) is 16.0 Å². The summed E-state index contributed by atoms with van der Waals surface area (Å²) in [6.45, 7) is 3.94. The lowest BCUT2D eigenvalue weighted by Crippen LogP contribution is -2.49. The maximum absolute atomic E-state index is 12.5. The lowest BCUT2D eigenvalue weighted by molar-refractivity contribution is -0.131. The van der Waals surface area contributed by atoms with Crippen molar-refractivity contribution in [2.45, 2.75) is 44.7 Å². The highest BCUT2D eigenvalue weighted by Gasteiger charge is 2.38. The zero-order valence-corrected chi connectivity index (χ0v) is 15.4. The summed E-state index contributed by atoms with van der Waals surface area (Å²) in [5, 5.41) is 0. The van der Waals surface area contributed by atoms with E-state index in [0.717, 1.165) is 29.3 Å². The van der Waals surface area contributed by atoms with Crippen molar-refractivity contribution < 1.29 is 14.3 Å². The van der Waals surface area contributed by atoms with Gasteiger partial charge in [0.15, 0.2) is 0 Å². The van der Waals surface area contributed by atoms with Gasteiger partial charge in [-0.05, 0) is 46.8 Å². The number of rotatable bonds is 4. The van der Waals surface area contributed by atoms with Crippen molar-refractivity contribution in [2.75, 3.05) is 19.7 Å². The fourth-order valence-electron chi connectivity index (χ4n) is 3.47. The monoisotopic (exact) mass is 395 g/mol. The smallest absolute Gasteiger partial charge is 0.410 e. The highest BCUT2D eigenvalue weighted by atomic mass is 79.9. The molecule has 3 heterocycles. The van der Waals surface area contributed by atoms with Gasteiger partial charge in [-0.25, -0.2) is 4.79 Å². The van der Waals surface area contributed by atoms with Crippen LogP contribution in [-0.4, -0.2) is 58.6 Å². The normalized spacial score (nSPS) is 21.9. The number of cyclic esters (lactones) is 1. The number of hydrogen-bond acceptors (Lipinski definition) is 4. The molecule has 0 N–H and O–H groups in total. The van der Waals surface area contributed by atoms with Gasteiger partial charge in [-0.15, -0.1) is 0 Å². The molecule has 0 aliphatic carbocycles. The summed E-state index contributed by atoms with van der Waals surface area (Å²) < 4.78 is 6.06. The Labute approximate surface area is 150 Å². The van der Waals surface area contributed by atoms with Gasteiger partial charge in [-0.2, -0.15) is 0 Å². The topological polar surface area (TPSA) is 62.7 Å². The molecule has 130 valence electrons. The van der Waals surface area contributed by atoms with E-state index >= 15 is 0 Å². The predicted molar refractivity (Wildman–Crippen MR) is 92.5 cm³/mol. The first-order valence-corrected chi connectivity index (χ1v) is 9.20. The summed E-state index contributed by atoms with van der Waals surface area (Å²) >= 11 is 3.37. The Morgan fingerprint density at radius 3 is 2.79 bits per heavy atom. The lowest BCUT2D eigenvalue weighted by atomic mass is 10.0. The zero-order chi connectivity index (χ0) is 17.1. The highest BCUT2D eigenvalue weighted by Crippen LogP contribution is 2.25. The van der Waals surface area contributed by atoms with E-state index < -0.39 is 0 Å². The molecule has 0 aromatic carbocycles. The van der Waals surface area contributed by atoms with Crippen molar-refractivity contribution >= 4 is 27.9 Å². The van der Waals surface area contributed by atoms with Crippen molar-refractivity contribution in [1.29, 1.82) is 0 Å². The molecule has 1 atom stereocenters. The molecule has 2 amide bonds. The standard InChI is InChI=1S/C17H22BrN3O3/c1-2-14-11-24-17(23)21(14)15-3-5-20(6-4-15)16(22)8-12-7-13(18)10-19-9-12/h7,9-10,14-15H,2-6,8,11H2,1H3. The fourth-order valence-corrected chi connectivity index (χ4v) is 3.88. The Balaban J connectivity index is 1.55. The molecular formula is C17H22BrN3O3. The molecule has 0 radical (unpaired) electrons. The van der Waals surface area contributed by atoms with Crippen LogP contribution in [0.15, 0.2) is 22.9 Å². The summed E-state index contributed by atoms with van der Waals surface area (Å²) in [6.07, 6.45) is 6.12. The van der Waals surface area contributed by atoms with Crippen LogP contribution in [0.2, 0.25) is 0 Å². The van der Waals surface area contributed by atoms with Crippen molar-refractivity contribution in [3.8, 4) is 0 Å². The van der Waals surface area contributed by atoms with Crippen LogP contribution >= 0.6 is 15.9 Å². The highest BCUT2D eigenvalue weighted by molar-refractivity contribution is 9.10. The molecular weight excluding hydrogens is 374 g/mol. The van der Waals surface area contributed by atoms with Crippen LogP contribution in [0.4, 0.5) is 4.79 Å². The Hall–Kier alpha value is -1.63. The summed E-state index contributed by atoms with van der Waals surface area (Å²) in [5.41, 5.74) is 0.908. The van der Waals surface area contributed by atoms with Gasteiger partial charge in [0, 0.05) is 36.0 Å². The van der Waals surface area contributed by atoms with Crippen LogP contribution < -0.4 is 0 Å². The number of amides is 2. The Bertz CT molecular complexity index is 617. The average molecular weight is 396 g/mol. The summed E-state index contributed by atoms with van der Waals surface area (Å²) in [6, 6.07) is 2.28. The third kappa shape index (κ3) is 3.71. The van der Waals surface area contributed by atoms with Gasteiger partial charge >= 0.3 is 6.09 Å². The molecule has 1 unspecified atom stereocenters. The molecule has 6 nitrogen and oxygen atoms in total. The number of hydrogen-bond donors (Lipinski definition) is 0. The first kappa shape index (κ1) is 17.2. The van der Waals surface area contributed by atoms with E-state index in [2.05, 4.69) is 27.8 Å². The minimum absolute atomic E-state index is 0.115. The molecule has 2 aliphatic heterocycles. The molecule has 1 aromatic rings. The number of pyridine rings is 1. The molecule has 0 bridgehead atoms. The SMILES string of the molecule is CCC1COC(=O)N1C1CCN(C(=O)Cc2cncc(Br)c2)CC1. The van der Waals surface area contributed by atoms with Crippen LogP contribution in [0.25, 0.3) is 0 Å². The third-order valence-electron chi connectivity index (χ3n) is 4.80. The van der Waals surface area contributed by atoms with Crippen molar-refractivity contribution in [1.82, 2.24) is 14.8 Å². The number of nitrogens with zero attached hydrogens (tertiary/aromatic N) is 3. The Morgan fingerprint density at radius 2 is 2.12 bits per heavy atom. The van der Waals surface area contributed by atoms with Gasteiger partial charge in [0.05, 0.1) is 12.5 Å². The molecule has 2 aliphatic rings.